The van der Waals surface area contributed by atoms with Crippen molar-refractivity contribution in [2.75, 3.05) is 6.61 Å². The van der Waals surface area contributed by atoms with Gasteiger partial charge in [0, 0.05) is 17.2 Å². The molecular formula is C16H21NO2S. The van der Waals surface area contributed by atoms with E-state index in [9.17, 15) is 4.79 Å². The summed E-state index contributed by atoms with van der Waals surface area (Å²) in [6.07, 6.45) is 1.23. The van der Waals surface area contributed by atoms with Gasteiger partial charge in [-0.15, -0.1) is 11.3 Å². The molecule has 0 saturated carbocycles. The smallest absolute Gasteiger partial charge is 0.306 e. The van der Waals surface area contributed by atoms with Crippen LogP contribution in [-0.4, -0.2) is 12.6 Å². The summed E-state index contributed by atoms with van der Waals surface area (Å²) in [6, 6.07) is 8.26. The van der Waals surface area contributed by atoms with Crippen LogP contribution in [0.5, 0.6) is 0 Å². The van der Waals surface area contributed by atoms with Crippen molar-refractivity contribution >= 4 is 27.4 Å². The number of ether oxygens (including phenoxy) is 1. The molecule has 0 radical (unpaired) electrons. The molecule has 108 valence electrons. The predicted molar refractivity (Wildman–Crippen MR) is 83.8 cm³/mol. The van der Waals surface area contributed by atoms with Gasteiger partial charge in [0.1, 0.15) is 0 Å². The number of benzene rings is 1. The first kappa shape index (κ1) is 15.0. The molecule has 2 rings (SSSR count). The van der Waals surface area contributed by atoms with E-state index in [4.69, 9.17) is 10.5 Å². The number of thiophene rings is 1. The standard InChI is InChI=1S/C16H21NO2S/c1-3-19-16(18)9-11(2)8-14(17)13-10-20-15-7-5-4-6-12(13)15/h4-7,10-11,14H,3,8-9,17H2,1-2H3. The van der Waals surface area contributed by atoms with Gasteiger partial charge in [-0.25, -0.2) is 0 Å². The molecule has 2 N–H and O–H groups in total. The van der Waals surface area contributed by atoms with Crippen LogP contribution in [0.15, 0.2) is 29.6 Å². The normalized spacial score (nSPS) is 14.2. The van der Waals surface area contributed by atoms with Crippen LogP contribution < -0.4 is 5.73 Å². The Morgan fingerprint density at radius 2 is 2.15 bits per heavy atom. The molecule has 0 fully saturated rings. The molecule has 0 saturated heterocycles. The van der Waals surface area contributed by atoms with E-state index in [1.165, 1.54) is 15.6 Å². The zero-order valence-electron chi connectivity index (χ0n) is 12.0. The third-order valence-corrected chi connectivity index (χ3v) is 4.37. The van der Waals surface area contributed by atoms with Crippen molar-refractivity contribution in [3.63, 3.8) is 0 Å². The van der Waals surface area contributed by atoms with E-state index in [1.54, 1.807) is 11.3 Å². The van der Waals surface area contributed by atoms with Crippen molar-refractivity contribution in [3.05, 3.63) is 35.2 Å². The molecule has 2 atom stereocenters. The van der Waals surface area contributed by atoms with E-state index in [0.29, 0.717) is 13.0 Å². The maximum absolute atomic E-state index is 11.5. The maximum atomic E-state index is 11.5. The summed E-state index contributed by atoms with van der Waals surface area (Å²) in [7, 11) is 0. The maximum Gasteiger partial charge on any atom is 0.306 e. The van der Waals surface area contributed by atoms with Crippen molar-refractivity contribution in [1.29, 1.82) is 0 Å². The zero-order chi connectivity index (χ0) is 14.5. The van der Waals surface area contributed by atoms with Crippen LogP contribution in [0.2, 0.25) is 0 Å². The molecular weight excluding hydrogens is 270 g/mol. The van der Waals surface area contributed by atoms with E-state index in [2.05, 4.69) is 17.5 Å². The van der Waals surface area contributed by atoms with Crippen LogP contribution in [-0.2, 0) is 9.53 Å². The molecule has 3 nitrogen and oxygen atoms in total. The quantitative estimate of drug-likeness (QED) is 0.822. The molecule has 20 heavy (non-hydrogen) atoms. The lowest BCUT2D eigenvalue weighted by Crippen LogP contribution is -2.17. The third-order valence-electron chi connectivity index (χ3n) is 3.39. The number of hydrogen-bond donors (Lipinski definition) is 1. The molecule has 2 unspecified atom stereocenters. The number of rotatable bonds is 6. The minimum atomic E-state index is -0.137. The Morgan fingerprint density at radius 1 is 1.40 bits per heavy atom. The fraction of sp³-hybridized carbons (Fsp3) is 0.438. The number of nitrogens with two attached hydrogens (primary N) is 1. The highest BCUT2D eigenvalue weighted by Crippen LogP contribution is 2.32. The fourth-order valence-corrected chi connectivity index (χ4v) is 3.46. The Hall–Kier alpha value is -1.39. The Kier molecular flexibility index (Phi) is 5.15. The molecule has 0 spiro atoms. The second-order valence-electron chi connectivity index (χ2n) is 5.14. The van der Waals surface area contributed by atoms with Gasteiger partial charge in [0.2, 0.25) is 0 Å². The monoisotopic (exact) mass is 291 g/mol. The number of carbonyl (C=O) groups excluding carboxylic acids is 1. The molecule has 0 amide bonds. The largest absolute Gasteiger partial charge is 0.466 e. The van der Waals surface area contributed by atoms with Gasteiger partial charge in [-0.1, -0.05) is 25.1 Å². The van der Waals surface area contributed by atoms with Crippen molar-refractivity contribution in [3.8, 4) is 0 Å². The molecule has 0 aliphatic carbocycles. The molecule has 0 aliphatic rings. The van der Waals surface area contributed by atoms with E-state index in [-0.39, 0.29) is 17.9 Å². The summed E-state index contributed by atoms with van der Waals surface area (Å²) in [5.74, 6) is 0.0880. The SMILES string of the molecule is CCOC(=O)CC(C)CC(N)c1csc2ccccc12. The van der Waals surface area contributed by atoms with Crippen molar-refractivity contribution in [1.82, 2.24) is 0 Å². The first-order valence-corrected chi connectivity index (χ1v) is 7.87. The summed E-state index contributed by atoms with van der Waals surface area (Å²) in [4.78, 5) is 11.5. The Bertz CT molecular complexity index is 579. The highest BCUT2D eigenvalue weighted by molar-refractivity contribution is 7.17. The lowest BCUT2D eigenvalue weighted by atomic mass is 9.94. The van der Waals surface area contributed by atoms with Crippen molar-refractivity contribution in [2.24, 2.45) is 11.7 Å². The topological polar surface area (TPSA) is 52.3 Å². The summed E-state index contributed by atoms with van der Waals surface area (Å²) < 4.78 is 6.24. The summed E-state index contributed by atoms with van der Waals surface area (Å²) in [5.41, 5.74) is 7.49. The van der Waals surface area contributed by atoms with E-state index < -0.39 is 0 Å². The number of fused-ring (bicyclic) bond motifs is 1. The number of carbonyl (C=O) groups is 1. The van der Waals surface area contributed by atoms with Crippen LogP contribution in [0.3, 0.4) is 0 Å². The van der Waals surface area contributed by atoms with Gasteiger partial charge >= 0.3 is 5.97 Å². The minimum absolute atomic E-state index is 0.0319. The summed E-state index contributed by atoms with van der Waals surface area (Å²) in [6.45, 7) is 4.31. The molecule has 4 heteroatoms. The molecule has 1 aromatic heterocycles. The lowest BCUT2D eigenvalue weighted by molar-refractivity contribution is -0.144. The minimum Gasteiger partial charge on any atom is -0.466 e. The highest BCUT2D eigenvalue weighted by atomic mass is 32.1. The number of hydrogen-bond acceptors (Lipinski definition) is 4. The molecule has 0 bridgehead atoms. The predicted octanol–water partition coefficient (Wildman–Crippen LogP) is 3.88. The van der Waals surface area contributed by atoms with Gasteiger partial charge < -0.3 is 10.5 Å². The first-order valence-electron chi connectivity index (χ1n) is 6.99. The molecule has 0 aliphatic heterocycles. The van der Waals surface area contributed by atoms with E-state index >= 15 is 0 Å². The van der Waals surface area contributed by atoms with Crippen molar-refractivity contribution in [2.45, 2.75) is 32.7 Å². The van der Waals surface area contributed by atoms with Gasteiger partial charge in [-0.2, -0.15) is 0 Å². The first-order chi connectivity index (χ1) is 9.61. The second-order valence-corrected chi connectivity index (χ2v) is 6.05. The molecule has 2 aromatic rings. The lowest BCUT2D eigenvalue weighted by Gasteiger charge is -2.16. The fourth-order valence-electron chi connectivity index (χ4n) is 2.43. The van der Waals surface area contributed by atoms with Crippen LogP contribution in [0, 0.1) is 5.92 Å². The van der Waals surface area contributed by atoms with Gasteiger partial charge in [-0.05, 0) is 41.7 Å². The van der Waals surface area contributed by atoms with E-state index in [1.807, 2.05) is 26.0 Å². The van der Waals surface area contributed by atoms with E-state index in [0.717, 1.165) is 6.42 Å². The van der Waals surface area contributed by atoms with Gasteiger partial charge in [0.05, 0.1) is 6.61 Å². The number of esters is 1. The van der Waals surface area contributed by atoms with Crippen LogP contribution >= 0.6 is 11.3 Å². The van der Waals surface area contributed by atoms with Crippen LogP contribution in [0.25, 0.3) is 10.1 Å². The Balaban J connectivity index is 2.01. The zero-order valence-corrected chi connectivity index (χ0v) is 12.8. The molecule has 1 heterocycles. The Morgan fingerprint density at radius 3 is 2.90 bits per heavy atom. The average molecular weight is 291 g/mol. The van der Waals surface area contributed by atoms with Gasteiger partial charge in [0.15, 0.2) is 0 Å². The second kappa shape index (κ2) is 6.86. The van der Waals surface area contributed by atoms with Gasteiger partial charge in [-0.3, -0.25) is 4.79 Å². The summed E-state index contributed by atoms with van der Waals surface area (Å²) >= 11 is 1.72. The Labute approximate surface area is 123 Å². The van der Waals surface area contributed by atoms with Crippen LogP contribution in [0.4, 0.5) is 0 Å². The van der Waals surface area contributed by atoms with Crippen molar-refractivity contribution < 1.29 is 9.53 Å². The average Bonchev–Trinajstić information content (AvgIpc) is 2.82. The highest BCUT2D eigenvalue weighted by Gasteiger charge is 2.17. The summed E-state index contributed by atoms with van der Waals surface area (Å²) in [5, 5.41) is 3.36. The van der Waals surface area contributed by atoms with Crippen LogP contribution in [0.1, 0.15) is 38.3 Å². The third kappa shape index (κ3) is 3.58. The molecule has 1 aromatic carbocycles. The van der Waals surface area contributed by atoms with Gasteiger partial charge in [0.25, 0.3) is 0 Å².